The smallest absolute Gasteiger partial charge is 0.236 e. The summed E-state index contributed by atoms with van der Waals surface area (Å²) in [4.78, 5) is 16.2. The van der Waals surface area contributed by atoms with E-state index in [0.717, 1.165) is 10.2 Å². The number of amides is 1. The van der Waals surface area contributed by atoms with Gasteiger partial charge in [0.15, 0.2) is 16.1 Å². The van der Waals surface area contributed by atoms with Crippen molar-refractivity contribution in [1.82, 2.24) is 19.7 Å². The molecule has 0 radical (unpaired) electrons. The predicted octanol–water partition coefficient (Wildman–Crippen LogP) is 3.45. The zero-order valence-corrected chi connectivity index (χ0v) is 16.6. The molecule has 1 aromatic carbocycles. The SMILES string of the molecule is Cc1csc(NC(=O)CSc2nnc(-c3cc(Br)ccc3O)n2C)n1. The number of nitrogens with one attached hydrogen (secondary N) is 1. The minimum Gasteiger partial charge on any atom is -0.507 e. The lowest BCUT2D eigenvalue weighted by molar-refractivity contribution is -0.113. The maximum Gasteiger partial charge on any atom is 0.236 e. The van der Waals surface area contributed by atoms with Gasteiger partial charge in [0, 0.05) is 16.9 Å². The fourth-order valence-electron chi connectivity index (χ4n) is 2.06. The second-order valence-corrected chi connectivity index (χ2v) is 7.87. The molecule has 0 fully saturated rings. The van der Waals surface area contributed by atoms with Gasteiger partial charge in [0.05, 0.1) is 17.0 Å². The van der Waals surface area contributed by atoms with Crippen LogP contribution in [0.15, 0.2) is 33.2 Å². The third-order valence-electron chi connectivity index (χ3n) is 3.23. The van der Waals surface area contributed by atoms with Crippen molar-refractivity contribution in [2.24, 2.45) is 7.05 Å². The Balaban J connectivity index is 1.69. The van der Waals surface area contributed by atoms with Crippen LogP contribution in [0.1, 0.15) is 5.69 Å². The summed E-state index contributed by atoms with van der Waals surface area (Å²) in [6, 6.07) is 5.10. The van der Waals surface area contributed by atoms with E-state index in [2.05, 4.69) is 36.4 Å². The minimum atomic E-state index is -0.158. The van der Waals surface area contributed by atoms with Gasteiger partial charge in [-0.2, -0.15) is 0 Å². The molecular weight excluding hydrogens is 426 g/mol. The van der Waals surface area contributed by atoms with Crippen molar-refractivity contribution >= 4 is 50.1 Å². The van der Waals surface area contributed by atoms with E-state index in [9.17, 15) is 9.90 Å². The minimum absolute atomic E-state index is 0.118. The number of rotatable bonds is 5. The van der Waals surface area contributed by atoms with Gasteiger partial charge in [-0.1, -0.05) is 27.7 Å². The van der Waals surface area contributed by atoms with Crippen LogP contribution in [0.4, 0.5) is 5.13 Å². The van der Waals surface area contributed by atoms with Crippen molar-refractivity contribution < 1.29 is 9.90 Å². The van der Waals surface area contributed by atoms with Gasteiger partial charge < -0.3 is 15.0 Å². The van der Waals surface area contributed by atoms with E-state index in [1.165, 1.54) is 23.1 Å². The van der Waals surface area contributed by atoms with Gasteiger partial charge in [-0.25, -0.2) is 4.98 Å². The fraction of sp³-hybridized carbons (Fsp3) is 0.200. The Morgan fingerprint density at radius 2 is 2.24 bits per heavy atom. The molecule has 0 saturated heterocycles. The van der Waals surface area contributed by atoms with Gasteiger partial charge in [-0.3, -0.25) is 4.79 Å². The first-order chi connectivity index (χ1) is 11.9. The third kappa shape index (κ3) is 4.20. The Labute approximate surface area is 160 Å². The van der Waals surface area contributed by atoms with E-state index in [1.54, 1.807) is 29.8 Å². The lowest BCUT2D eigenvalue weighted by Crippen LogP contribution is -2.14. The Bertz CT molecular complexity index is 925. The summed E-state index contributed by atoms with van der Waals surface area (Å²) in [6.45, 7) is 1.87. The summed E-state index contributed by atoms with van der Waals surface area (Å²) < 4.78 is 2.57. The molecule has 3 rings (SSSR count). The molecule has 10 heteroatoms. The molecule has 2 aromatic heterocycles. The maximum atomic E-state index is 12.0. The number of carbonyl (C=O) groups is 1. The predicted molar refractivity (Wildman–Crippen MR) is 102 cm³/mol. The van der Waals surface area contributed by atoms with Crippen LogP contribution in [-0.4, -0.2) is 36.5 Å². The standard InChI is InChI=1S/C15H14BrN5O2S2/c1-8-6-24-14(17-8)18-12(23)7-25-15-20-19-13(21(15)2)10-5-9(16)3-4-11(10)22/h3-6,22H,7H2,1-2H3,(H,17,18,23). The largest absolute Gasteiger partial charge is 0.507 e. The summed E-state index contributed by atoms with van der Waals surface area (Å²) in [5.41, 5.74) is 1.44. The van der Waals surface area contributed by atoms with Crippen LogP contribution in [0.3, 0.4) is 0 Å². The highest BCUT2D eigenvalue weighted by Gasteiger charge is 2.16. The Morgan fingerprint density at radius 3 is 2.96 bits per heavy atom. The highest BCUT2D eigenvalue weighted by Crippen LogP contribution is 2.32. The summed E-state index contributed by atoms with van der Waals surface area (Å²) >= 11 is 6.03. The molecule has 0 bridgehead atoms. The number of nitrogens with zero attached hydrogens (tertiary/aromatic N) is 4. The third-order valence-corrected chi connectivity index (χ3v) is 5.62. The van der Waals surface area contributed by atoms with Crippen LogP contribution in [-0.2, 0) is 11.8 Å². The molecule has 130 valence electrons. The van der Waals surface area contributed by atoms with Gasteiger partial charge in [0.25, 0.3) is 0 Å². The summed E-state index contributed by atoms with van der Waals surface area (Å²) in [7, 11) is 1.79. The van der Waals surface area contributed by atoms with Gasteiger partial charge in [-0.15, -0.1) is 21.5 Å². The number of thioether (sulfide) groups is 1. The van der Waals surface area contributed by atoms with Crippen LogP contribution in [0.25, 0.3) is 11.4 Å². The van der Waals surface area contributed by atoms with Crippen LogP contribution < -0.4 is 5.32 Å². The average molecular weight is 440 g/mol. The van der Waals surface area contributed by atoms with Crippen LogP contribution in [0.2, 0.25) is 0 Å². The van der Waals surface area contributed by atoms with E-state index in [-0.39, 0.29) is 17.4 Å². The van der Waals surface area contributed by atoms with Crippen molar-refractivity contribution in [2.75, 3.05) is 11.1 Å². The molecule has 7 nitrogen and oxygen atoms in total. The Hall–Kier alpha value is -1.91. The highest BCUT2D eigenvalue weighted by atomic mass is 79.9. The number of carbonyl (C=O) groups excluding carboxylic acids is 1. The molecule has 2 N–H and O–H groups in total. The van der Waals surface area contributed by atoms with Crippen molar-refractivity contribution in [3.05, 3.63) is 33.7 Å². The molecule has 2 heterocycles. The molecule has 0 aliphatic rings. The second-order valence-electron chi connectivity index (χ2n) is 5.16. The van der Waals surface area contributed by atoms with Gasteiger partial charge in [0.2, 0.25) is 5.91 Å². The first-order valence-electron chi connectivity index (χ1n) is 7.17. The molecule has 3 aromatic rings. The monoisotopic (exact) mass is 439 g/mol. The highest BCUT2D eigenvalue weighted by molar-refractivity contribution is 9.10. The van der Waals surface area contributed by atoms with Crippen LogP contribution >= 0.6 is 39.0 Å². The first-order valence-corrected chi connectivity index (χ1v) is 9.83. The van der Waals surface area contributed by atoms with E-state index >= 15 is 0 Å². The molecule has 0 unspecified atom stereocenters. The van der Waals surface area contributed by atoms with E-state index in [4.69, 9.17) is 0 Å². The molecule has 0 saturated carbocycles. The molecule has 0 aliphatic carbocycles. The van der Waals surface area contributed by atoms with Gasteiger partial charge in [0.1, 0.15) is 5.75 Å². The number of hydrogen-bond acceptors (Lipinski definition) is 7. The normalized spacial score (nSPS) is 10.8. The van der Waals surface area contributed by atoms with Crippen molar-refractivity contribution in [1.29, 1.82) is 0 Å². The number of hydrogen-bond donors (Lipinski definition) is 2. The number of aromatic nitrogens is 4. The van der Waals surface area contributed by atoms with Crippen molar-refractivity contribution in [3.63, 3.8) is 0 Å². The number of phenols is 1. The first kappa shape index (κ1) is 17.9. The zero-order valence-electron chi connectivity index (χ0n) is 13.4. The number of phenolic OH excluding ortho intramolecular Hbond substituents is 1. The number of aromatic hydroxyl groups is 1. The molecule has 1 amide bonds. The summed E-state index contributed by atoms with van der Waals surface area (Å²) in [6.07, 6.45) is 0. The van der Waals surface area contributed by atoms with E-state index in [1.807, 2.05) is 12.3 Å². The van der Waals surface area contributed by atoms with Crippen LogP contribution in [0.5, 0.6) is 5.75 Å². The number of anilines is 1. The average Bonchev–Trinajstić information content (AvgIpc) is 3.14. The number of thiazole rings is 1. The lowest BCUT2D eigenvalue weighted by atomic mass is 10.2. The van der Waals surface area contributed by atoms with Crippen molar-refractivity contribution in [2.45, 2.75) is 12.1 Å². The number of halogens is 1. The van der Waals surface area contributed by atoms with Crippen LogP contribution in [0, 0.1) is 6.92 Å². The van der Waals surface area contributed by atoms with Gasteiger partial charge in [-0.05, 0) is 25.1 Å². The molecule has 0 aliphatic heterocycles. The van der Waals surface area contributed by atoms with Gasteiger partial charge >= 0.3 is 0 Å². The lowest BCUT2D eigenvalue weighted by Gasteiger charge is -2.06. The molecule has 25 heavy (non-hydrogen) atoms. The number of aryl methyl sites for hydroxylation is 1. The molecule has 0 spiro atoms. The zero-order chi connectivity index (χ0) is 18.0. The fourth-order valence-corrected chi connectivity index (χ4v) is 3.84. The summed E-state index contributed by atoms with van der Waals surface area (Å²) in [5, 5.41) is 24.0. The Kier molecular flexibility index (Phi) is 5.40. The molecular formula is C15H14BrN5O2S2. The van der Waals surface area contributed by atoms with E-state index in [0.29, 0.717) is 21.7 Å². The maximum absolute atomic E-state index is 12.0. The second kappa shape index (κ2) is 7.54. The van der Waals surface area contributed by atoms with E-state index < -0.39 is 0 Å². The topological polar surface area (TPSA) is 92.9 Å². The molecule has 0 atom stereocenters. The Morgan fingerprint density at radius 1 is 1.44 bits per heavy atom. The quantitative estimate of drug-likeness (QED) is 0.591. The summed E-state index contributed by atoms with van der Waals surface area (Å²) in [5.74, 6) is 0.674. The number of benzene rings is 1. The van der Waals surface area contributed by atoms with Crippen molar-refractivity contribution in [3.8, 4) is 17.1 Å².